The fourth-order valence-corrected chi connectivity index (χ4v) is 3.99. The van der Waals surface area contributed by atoms with Gasteiger partial charge in [-0.2, -0.15) is 0 Å². The number of carbonyl (C=O) groups is 2. The van der Waals surface area contributed by atoms with Crippen LogP contribution in [0.15, 0.2) is 35.7 Å². The number of aryl methyl sites for hydroxylation is 1. The molecule has 0 saturated carbocycles. The molecule has 7 heteroatoms. The smallest absolute Gasteiger partial charge is 0.262 e. The first kappa shape index (κ1) is 17.6. The SMILES string of the molecule is Cc1nc2ccc(NC(=O)[C@@H](NC(=O)c3cccs3)C(C)C)cc2s1. The maximum absolute atomic E-state index is 12.7. The topological polar surface area (TPSA) is 71.1 Å². The van der Waals surface area contributed by atoms with E-state index in [9.17, 15) is 9.59 Å². The Morgan fingerprint density at radius 2 is 2.00 bits per heavy atom. The summed E-state index contributed by atoms with van der Waals surface area (Å²) in [6.07, 6.45) is 0. The van der Waals surface area contributed by atoms with Gasteiger partial charge in [0.1, 0.15) is 6.04 Å². The molecule has 0 unspecified atom stereocenters. The highest BCUT2D eigenvalue weighted by Crippen LogP contribution is 2.25. The third-order valence-corrected chi connectivity index (χ3v) is 5.55. The lowest BCUT2D eigenvalue weighted by Crippen LogP contribution is -2.46. The number of carbonyl (C=O) groups excluding carboxylic acids is 2. The Hall–Kier alpha value is -2.25. The molecule has 3 rings (SSSR count). The lowest BCUT2D eigenvalue weighted by molar-refractivity contribution is -0.118. The van der Waals surface area contributed by atoms with Crippen LogP contribution in [0.25, 0.3) is 10.2 Å². The predicted molar refractivity (Wildman–Crippen MR) is 103 cm³/mol. The fraction of sp³-hybridized carbons (Fsp3) is 0.278. The number of hydrogen-bond donors (Lipinski definition) is 2. The van der Waals surface area contributed by atoms with Crippen molar-refractivity contribution in [3.05, 3.63) is 45.6 Å². The zero-order chi connectivity index (χ0) is 18.0. The van der Waals surface area contributed by atoms with E-state index in [0.29, 0.717) is 10.6 Å². The predicted octanol–water partition coefficient (Wildman–Crippen LogP) is 4.06. The highest BCUT2D eigenvalue weighted by atomic mass is 32.1. The number of hydrogen-bond acceptors (Lipinski definition) is 5. The molecule has 0 aliphatic carbocycles. The quantitative estimate of drug-likeness (QED) is 0.708. The number of amides is 2. The second kappa shape index (κ2) is 7.33. The van der Waals surface area contributed by atoms with Crippen LogP contribution < -0.4 is 10.6 Å². The zero-order valence-electron chi connectivity index (χ0n) is 14.2. The Labute approximate surface area is 154 Å². The van der Waals surface area contributed by atoms with Crippen molar-refractivity contribution >= 4 is 50.4 Å². The first-order valence-corrected chi connectivity index (χ1v) is 9.66. The van der Waals surface area contributed by atoms with Gasteiger partial charge in [0, 0.05) is 5.69 Å². The third-order valence-electron chi connectivity index (χ3n) is 3.74. The molecule has 2 heterocycles. The minimum absolute atomic E-state index is 0.0294. The molecule has 0 radical (unpaired) electrons. The second-order valence-electron chi connectivity index (χ2n) is 6.08. The molecule has 5 nitrogen and oxygen atoms in total. The molecule has 0 saturated heterocycles. The van der Waals surface area contributed by atoms with Crippen LogP contribution in [0.5, 0.6) is 0 Å². The van der Waals surface area contributed by atoms with Crippen LogP contribution in [0.3, 0.4) is 0 Å². The first-order chi connectivity index (χ1) is 11.9. The van der Waals surface area contributed by atoms with E-state index in [0.717, 1.165) is 15.2 Å². The molecule has 0 aliphatic rings. The number of benzene rings is 1. The Balaban J connectivity index is 1.74. The molecule has 2 N–H and O–H groups in total. The number of thiophene rings is 1. The van der Waals surface area contributed by atoms with Gasteiger partial charge in [-0.1, -0.05) is 19.9 Å². The maximum Gasteiger partial charge on any atom is 0.262 e. The van der Waals surface area contributed by atoms with Crippen LogP contribution in [0.1, 0.15) is 28.5 Å². The van der Waals surface area contributed by atoms with Crippen LogP contribution in [-0.2, 0) is 4.79 Å². The highest BCUT2D eigenvalue weighted by molar-refractivity contribution is 7.18. The van der Waals surface area contributed by atoms with Crippen LogP contribution in [0.2, 0.25) is 0 Å². The van der Waals surface area contributed by atoms with Gasteiger partial charge in [-0.25, -0.2) is 4.98 Å². The van der Waals surface area contributed by atoms with Crippen LogP contribution in [-0.4, -0.2) is 22.8 Å². The molecule has 1 atom stereocenters. The number of nitrogens with one attached hydrogen (secondary N) is 2. The number of fused-ring (bicyclic) bond motifs is 1. The van der Waals surface area contributed by atoms with Gasteiger partial charge in [0.15, 0.2) is 0 Å². The van der Waals surface area contributed by atoms with Gasteiger partial charge in [0.25, 0.3) is 5.91 Å². The van der Waals surface area contributed by atoms with E-state index >= 15 is 0 Å². The molecule has 1 aromatic carbocycles. The summed E-state index contributed by atoms with van der Waals surface area (Å²) in [4.78, 5) is 29.9. The van der Waals surface area contributed by atoms with Crippen molar-refractivity contribution < 1.29 is 9.59 Å². The van der Waals surface area contributed by atoms with E-state index in [1.165, 1.54) is 11.3 Å². The fourth-order valence-electron chi connectivity index (χ4n) is 2.49. The van der Waals surface area contributed by atoms with Crippen LogP contribution in [0.4, 0.5) is 5.69 Å². The van der Waals surface area contributed by atoms with Crippen molar-refractivity contribution in [3.8, 4) is 0 Å². The van der Waals surface area contributed by atoms with E-state index < -0.39 is 6.04 Å². The van der Waals surface area contributed by atoms with Gasteiger partial charge in [-0.3, -0.25) is 9.59 Å². The van der Waals surface area contributed by atoms with E-state index in [-0.39, 0.29) is 17.7 Å². The number of anilines is 1. The summed E-state index contributed by atoms with van der Waals surface area (Å²) in [5, 5.41) is 8.56. The summed E-state index contributed by atoms with van der Waals surface area (Å²) in [6.45, 7) is 5.78. The Morgan fingerprint density at radius 1 is 1.20 bits per heavy atom. The van der Waals surface area contributed by atoms with Gasteiger partial charge in [0.2, 0.25) is 5.91 Å². The summed E-state index contributed by atoms with van der Waals surface area (Å²) >= 11 is 2.94. The molecule has 0 fully saturated rings. The van der Waals surface area contributed by atoms with Gasteiger partial charge in [0.05, 0.1) is 20.1 Å². The molecule has 2 amide bonds. The van der Waals surface area contributed by atoms with Gasteiger partial charge < -0.3 is 10.6 Å². The van der Waals surface area contributed by atoms with Crippen molar-refractivity contribution in [1.82, 2.24) is 10.3 Å². The molecule has 25 heavy (non-hydrogen) atoms. The minimum atomic E-state index is -0.603. The van der Waals surface area contributed by atoms with Crippen LogP contribution in [0, 0.1) is 12.8 Å². The van der Waals surface area contributed by atoms with Crippen molar-refractivity contribution in [1.29, 1.82) is 0 Å². The Kier molecular flexibility index (Phi) is 5.15. The van der Waals surface area contributed by atoms with Gasteiger partial charge >= 0.3 is 0 Å². The lowest BCUT2D eigenvalue weighted by Gasteiger charge is -2.21. The largest absolute Gasteiger partial charge is 0.339 e. The normalized spacial score (nSPS) is 12.3. The molecule has 0 spiro atoms. The molecule has 2 aromatic heterocycles. The van der Waals surface area contributed by atoms with Crippen molar-refractivity contribution in [2.75, 3.05) is 5.32 Å². The third kappa shape index (κ3) is 4.05. The average Bonchev–Trinajstić information content (AvgIpc) is 3.20. The van der Waals surface area contributed by atoms with E-state index in [1.54, 1.807) is 17.4 Å². The standard InChI is InChI=1S/C18H19N3O2S2/c1-10(2)16(21-17(22)14-5-4-8-24-14)18(23)20-12-6-7-13-15(9-12)25-11(3)19-13/h4-10,16H,1-3H3,(H,20,23)(H,21,22)/t16-/m0/s1. The maximum atomic E-state index is 12.7. The van der Waals surface area contributed by atoms with E-state index in [4.69, 9.17) is 0 Å². The van der Waals surface area contributed by atoms with Gasteiger partial charge in [-0.15, -0.1) is 22.7 Å². The van der Waals surface area contributed by atoms with Crippen molar-refractivity contribution in [3.63, 3.8) is 0 Å². The Bertz CT molecular complexity index is 900. The highest BCUT2D eigenvalue weighted by Gasteiger charge is 2.25. The number of rotatable bonds is 5. The monoisotopic (exact) mass is 373 g/mol. The minimum Gasteiger partial charge on any atom is -0.339 e. The second-order valence-corrected chi connectivity index (χ2v) is 8.26. The molecule has 0 bridgehead atoms. The Morgan fingerprint density at radius 3 is 2.68 bits per heavy atom. The molecular weight excluding hydrogens is 354 g/mol. The number of nitrogens with zero attached hydrogens (tertiary/aromatic N) is 1. The molecule has 3 aromatic rings. The number of thiazole rings is 1. The summed E-state index contributed by atoms with van der Waals surface area (Å²) in [6, 6.07) is 8.59. The van der Waals surface area contributed by atoms with Crippen molar-refractivity contribution in [2.45, 2.75) is 26.8 Å². The first-order valence-electron chi connectivity index (χ1n) is 7.96. The molecule has 130 valence electrons. The zero-order valence-corrected chi connectivity index (χ0v) is 15.8. The summed E-state index contributed by atoms with van der Waals surface area (Å²) in [5.41, 5.74) is 1.63. The van der Waals surface area contributed by atoms with E-state index in [2.05, 4.69) is 15.6 Å². The summed E-state index contributed by atoms with van der Waals surface area (Å²) in [7, 11) is 0. The lowest BCUT2D eigenvalue weighted by atomic mass is 10.0. The summed E-state index contributed by atoms with van der Waals surface area (Å²) in [5.74, 6) is -0.476. The van der Waals surface area contributed by atoms with Gasteiger partial charge in [-0.05, 0) is 42.5 Å². The number of aromatic nitrogens is 1. The molecular formula is C18H19N3O2S2. The molecule has 0 aliphatic heterocycles. The average molecular weight is 374 g/mol. The summed E-state index contributed by atoms with van der Waals surface area (Å²) < 4.78 is 1.03. The van der Waals surface area contributed by atoms with E-state index in [1.807, 2.05) is 50.4 Å². The van der Waals surface area contributed by atoms with Crippen LogP contribution >= 0.6 is 22.7 Å². The van der Waals surface area contributed by atoms with Crippen molar-refractivity contribution in [2.24, 2.45) is 5.92 Å².